The molecule has 0 bridgehead atoms. The van der Waals surface area contributed by atoms with Gasteiger partial charge in [-0.25, -0.2) is 0 Å². The van der Waals surface area contributed by atoms with E-state index in [-0.39, 0.29) is 0 Å². The number of nitrogens with zero attached hydrogens (tertiary/aromatic N) is 1. The normalized spacial score (nSPS) is 15.1. The van der Waals surface area contributed by atoms with Crippen LogP contribution in [0.3, 0.4) is 0 Å². The van der Waals surface area contributed by atoms with Gasteiger partial charge < -0.3 is 5.84 Å². The molecule has 0 aliphatic rings. The Morgan fingerprint density at radius 3 is 2.33 bits per heavy atom. The fourth-order valence-electron chi connectivity index (χ4n) is 0.951. The zero-order chi connectivity index (χ0) is 7.28. The van der Waals surface area contributed by atoms with Crippen molar-refractivity contribution in [3.8, 4) is 0 Å². The van der Waals surface area contributed by atoms with Crippen LogP contribution in [0.25, 0.3) is 0 Å². The minimum absolute atomic E-state index is 0.523. The van der Waals surface area contributed by atoms with Crippen molar-refractivity contribution in [2.75, 3.05) is 0 Å². The average molecular weight is 128 g/mol. The lowest BCUT2D eigenvalue weighted by atomic mass is 10.0. The van der Waals surface area contributed by atoms with Crippen molar-refractivity contribution in [3.05, 3.63) is 0 Å². The monoisotopic (exact) mass is 128 g/mol. The van der Waals surface area contributed by atoms with Crippen LogP contribution < -0.4 is 5.84 Å². The third-order valence-corrected chi connectivity index (χ3v) is 1.18. The Morgan fingerprint density at radius 1 is 1.44 bits per heavy atom. The summed E-state index contributed by atoms with van der Waals surface area (Å²) in [5.74, 6) is 6.23. The van der Waals surface area contributed by atoms with Gasteiger partial charge in [0.2, 0.25) is 0 Å². The van der Waals surface area contributed by atoms with Crippen LogP contribution in [0.1, 0.15) is 27.2 Å². The van der Waals surface area contributed by atoms with Gasteiger partial charge in [-0.3, -0.25) is 0 Å². The van der Waals surface area contributed by atoms with Gasteiger partial charge in [0.05, 0.1) is 0 Å². The number of hydrogen-bond acceptors (Lipinski definition) is 2. The summed E-state index contributed by atoms with van der Waals surface area (Å²) in [4.78, 5) is 0. The molecule has 0 saturated carbocycles. The van der Waals surface area contributed by atoms with Gasteiger partial charge >= 0.3 is 0 Å². The van der Waals surface area contributed by atoms with Crippen LogP contribution >= 0.6 is 0 Å². The molecule has 0 amide bonds. The summed E-state index contributed by atoms with van der Waals surface area (Å²) >= 11 is 0. The van der Waals surface area contributed by atoms with E-state index in [4.69, 9.17) is 5.84 Å². The molecule has 0 radical (unpaired) electrons. The smallest absolute Gasteiger partial charge is 0.0268 e. The Hall–Kier alpha value is -0.530. The van der Waals surface area contributed by atoms with Crippen molar-refractivity contribution < 1.29 is 0 Å². The summed E-state index contributed by atoms with van der Waals surface area (Å²) in [7, 11) is 0. The first-order chi connectivity index (χ1) is 4.16. The van der Waals surface area contributed by atoms with E-state index in [1.54, 1.807) is 6.21 Å². The first kappa shape index (κ1) is 8.47. The van der Waals surface area contributed by atoms with Crippen molar-refractivity contribution in [1.29, 1.82) is 0 Å². The number of rotatable bonds is 3. The number of hydrazone groups is 1. The Balaban J connectivity index is 3.38. The van der Waals surface area contributed by atoms with Gasteiger partial charge in [0.1, 0.15) is 0 Å². The molecule has 0 aliphatic heterocycles. The molecule has 1 unspecified atom stereocenters. The van der Waals surface area contributed by atoms with Crippen molar-refractivity contribution in [3.63, 3.8) is 0 Å². The van der Waals surface area contributed by atoms with Crippen LogP contribution in [0.5, 0.6) is 0 Å². The van der Waals surface area contributed by atoms with Crippen LogP contribution in [0.4, 0.5) is 0 Å². The molecule has 2 nitrogen and oxygen atoms in total. The number of nitrogens with two attached hydrogens (primary N) is 1. The molecule has 0 spiro atoms. The highest BCUT2D eigenvalue weighted by Gasteiger charge is 2.00. The predicted molar refractivity (Wildman–Crippen MR) is 41.3 cm³/mol. The second kappa shape index (κ2) is 4.36. The minimum atomic E-state index is 0.523. The summed E-state index contributed by atoms with van der Waals surface area (Å²) in [6, 6.07) is 0. The quantitative estimate of drug-likeness (QED) is 0.350. The second-order valence-electron chi connectivity index (χ2n) is 2.90. The summed E-state index contributed by atoms with van der Waals surface area (Å²) in [5, 5.41) is 3.46. The third-order valence-electron chi connectivity index (χ3n) is 1.18. The van der Waals surface area contributed by atoms with E-state index in [1.807, 2.05) is 0 Å². The summed E-state index contributed by atoms with van der Waals surface area (Å²) in [6.07, 6.45) is 2.96. The Bertz CT molecular complexity index is 86.9. The van der Waals surface area contributed by atoms with Gasteiger partial charge in [0.15, 0.2) is 0 Å². The van der Waals surface area contributed by atoms with E-state index in [1.165, 1.54) is 6.42 Å². The largest absolute Gasteiger partial charge is 0.324 e. The maximum absolute atomic E-state index is 4.97. The van der Waals surface area contributed by atoms with Gasteiger partial charge in [-0.2, -0.15) is 5.10 Å². The van der Waals surface area contributed by atoms with E-state index in [9.17, 15) is 0 Å². The highest BCUT2D eigenvalue weighted by atomic mass is 15.1. The van der Waals surface area contributed by atoms with Crippen molar-refractivity contribution >= 4 is 6.21 Å². The Labute approximate surface area is 57.1 Å². The molecule has 1 atom stereocenters. The minimum Gasteiger partial charge on any atom is -0.324 e. The maximum atomic E-state index is 4.97. The predicted octanol–water partition coefficient (Wildman–Crippen LogP) is 1.61. The molecule has 2 heteroatoms. The Morgan fingerprint density at radius 2 is 2.00 bits per heavy atom. The zero-order valence-electron chi connectivity index (χ0n) is 6.46. The van der Waals surface area contributed by atoms with Crippen LogP contribution in [0.15, 0.2) is 5.10 Å². The van der Waals surface area contributed by atoms with Crippen LogP contribution in [0, 0.1) is 11.8 Å². The van der Waals surface area contributed by atoms with Crippen molar-refractivity contribution in [1.82, 2.24) is 0 Å². The SMILES string of the molecule is CC(C)CC(C)/C=N/N. The number of hydrogen-bond donors (Lipinski definition) is 1. The lowest BCUT2D eigenvalue weighted by Gasteiger charge is -2.06. The highest BCUT2D eigenvalue weighted by molar-refractivity contribution is 5.59. The molecule has 0 aromatic carbocycles. The molecule has 54 valence electrons. The standard InChI is InChI=1S/C7H16N2/c1-6(2)4-7(3)5-9-8/h5-7H,4,8H2,1-3H3/b9-5+. The fraction of sp³-hybridized carbons (Fsp3) is 0.857. The molecule has 0 saturated heterocycles. The lowest BCUT2D eigenvalue weighted by Crippen LogP contribution is -2.02. The molecular weight excluding hydrogens is 112 g/mol. The van der Waals surface area contributed by atoms with Gasteiger partial charge in [-0.15, -0.1) is 0 Å². The average Bonchev–Trinajstić information content (AvgIpc) is 1.63. The first-order valence-corrected chi connectivity index (χ1v) is 3.40. The third kappa shape index (κ3) is 5.34. The molecule has 0 rings (SSSR count). The molecular formula is C7H16N2. The van der Waals surface area contributed by atoms with Crippen LogP contribution in [-0.4, -0.2) is 6.21 Å². The maximum Gasteiger partial charge on any atom is 0.0268 e. The summed E-state index contributed by atoms with van der Waals surface area (Å²) < 4.78 is 0. The highest BCUT2D eigenvalue weighted by Crippen LogP contribution is 2.07. The molecule has 2 N–H and O–H groups in total. The molecule has 9 heavy (non-hydrogen) atoms. The van der Waals surface area contributed by atoms with Gasteiger partial charge in [0, 0.05) is 6.21 Å². The molecule has 0 aliphatic carbocycles. The van der Waals surface area contributed by atoms with E-state index < -0.39 is 0 Å². The summed E-state index contributed by atoms with van der Waals surface area (Å²) in [6.45, 7) is 6.51. The topological polar surface area (TPSA) is 38.4 Å². The lowest BCUT2D eigenvalue weighted by molar-refractivity contribution is 0.526. The van der Waals surface area contributed by atoms with E-state index in [0.717, 1.165) is 5.92 Å². The van der Waals surface area contributed by atoms with E-state index in [2.05, 4.69) is 25.9 Å². The summed E-state index contributed by atoms with van der Waals surface area (Å²) in [5.41, 5.74) is 0. The van der Waals surface area contributed by atoms with Gasteiger partial charge in [0.25, 0.3) is 0 Å². The van der Waals surface area contributed by atoms with Gasteiger partial charge in [-0.1, -0.05) is 20.8 Å². The fourth-order valence-corrected chi connectivity index (χ4v) is 0.951. The first-order valence-electron chi connectivity index (χ1n) is 3.40. The van der Waals surface area contributed by atoms with Crippen LogP contribution in [-0.2, 0) is 0 Å². The Kier molecular flexibility index (Phi) is 4.10. The molecule has 0 aromatic heterocycles. The van der Waals surface area contributed by atoms with Gasteiger partial charge in [-0.05, 0) is 18.3 Å². The molecule has 0 aromatic rings. The second-order valence-corrected chi connectivity index (χ2v) is 2.90. The molecule has 0 fully saturated rings. The van der Waals surface area contributed by atoms with Crippen LogP contribution in [0.2, 0.25) is 0 Å². The zero-order valence-corrected chi connectivity index (χ0v) is 6.46. The van der Waals surface area contributed by atoms with Crippen molar-refractivity contribution in [2.45, 2.75) is 27.2 Å². The van der Waals surface area contributed by atoms with Crippen molar-refractivity contribution in [2.24, 2.45) is 22.8 Å². The van der Waals surface area contributed by atoms with E-state index in [0.29, 0.717) is 5.92 Å². The van der Waals surface area contributed by atoms with E-state index >= 15 is 0 Å². The molecule has 0 heterocycles.